The van der Waals surface area contributed by atoms with E-state index in [0.29, 0.717) is 6.61 Å². The van der Waals surface area contributed by atoms with Crippen LogP contribution in [0.3, 0.4) is 0 Å². The van der Waals surface area contributed by atoms with E-state index in [1.54, 1.807) is 12.1 Å². The summed E-state index contributed by atoms with van der Waals surface area (Å²) in [4.78, 5) is 0. The standard InChI is InChI=1S/C20H20FN3O2/c21-14-6-4-13(5-7-14)17-12-26-20-15-11-22-24(19-3-1-2-10-25-19)18(15)9-8-16(20)23-17/h4-9,11,17,19,23H,1-3,10,12H2/t17-,19?/m0/s1. The molecular weight excluding hydrogens is 333 g/mol. The van der Waals surface area contributed by atoms with E-state index in [9.17, 15) is 4.39 Å². The fraction of sp³-hybridized carbons (Fsp3) is 0.350. The van der Waals surface area contributed by atoms with Gasteiger partial charge in [-0.15, -0.1) is 0 Å². The van der Waals surface area contributed by atoms with Crippen molar-refractivity contribution < 1.29 is 13.9 Å². The summed E-state index contributed by atoms with van der Waals surface area (Å²) < 4.78 is 27.1. The Morgan fingerprint density at radius 3 is 2.81 bits per heavy atom. The number of fused-ring (bicyclic) bond motifs is 3. The van der Waals surface area contributed by atoms with Crippen molar-refractivity contribution in [1.82, 2.24) is 9.78 Å². The van der Waals surface area contributed by atoms with Gasteiger partial charge in [0.25, 0.3) is 0 Å². The topological polar surface area (TPSA) is 48.3 Å². The Balaban J connectivity index is 1.46. The van der Waals surface area contributed by atoms with Crippen molar-refractivity contribution in [2.75, 3.05) is 18.5 Å². The van der Waals surface area contributed by atoms with Crippen LogP contribution in [0.4, 0.5) is 10.1 Å². The molecule has 5 rings (SSSR count). The van der Waals surface area contributed by atoms with Crippen molar-refractivity contribution in [2.24, 2.45) is 0 Å². The molecule has 134 valence electrons. The molecule has 3 heterocycles. The first-order valence-electron chi connectivity index (χ1n) is 9.06. The smallest absolute Gasteiger partial charge is 0.153 e. The highest BCUT2D eigenvalue weighted by molar-refractivity contribution is 5.91. The SMILES string of the molecule is Fc1ccc([C@@H]2COc3c(ccc4c3cnn4C3CCCCO3)N2)cc1. The molecule has 2 aliphatic heterocycles. The summed E-state index contributed by atoms with van der Waals surface area (Å²) in [5.41, 5.74) is 2.96. The van der Waals surface area contributed by atoms with Crippen LogP contribution in [0, 0.1) is 5.82 Å². The van der Waals surface area contributed by atoms with Crippen LogP contribution in [-0.2, 0) is 4.74 Å². The van der Waals surface area contributed by atoms with E-state index in [2.05, 4.69) is 16.5 Å². The number of hydrogen-bond acceptors (Lipinski definition) is 4. The number of nitrogens with zero attached hydrogens (tertiary/aromatic N) is 2. The fourth-order valence-electron chi connectivity index (χ4n) is 3.78. The van der Waals surface area contributed by atoms with Gasteiger partial charge < -0.3 is 14.8 Å². The molecule has 3 aromatic rings. The third-order valence-electron chi connectivity index (χ3n) is 5.16. The van der Waals surface area contributed by atoms with Crippen LogP contribution in [0.2, 0.25) is 0 Å². The lowest BCUT2D eigenvalue weighted by molar-refractivity contribution is -0.0366. The zero-order valence-corrected chi connectivity index (χ0v) is 14.3. The molecule has 1 N–H and O–H groups in total. The van der Waals surface area contributed by atoms with E-state index in [-0.39, 0.29) is 18.1 Å². The molecule has 0 amide bonds. The number of halogens is 1. The van der Waals surface area contributed by atoms with Gasteiger partial charge in [-0.2, -0.15) is 5.10 Å². The van der Waals surface area contributed by atoms with Crippen molar-refractivity contribution >= 4 is 16.6 Å². The van der Waals surface area contributed by atoms with E-state index in [0.717, 1.165) is 53.8 Å². The van der Waals surface area contributed by atoms with Gasteiger partial charge in [-0.3, -0.25) is 0 Å². The van der Waals surface area contributed by atoms with Gasteiger partial charge in [0.15, 0.2) is 12.0 Å². The largest absolute Gasteiger partial charge is 0.488 e. The molecule has 0 saturated carbocycles. The summed E-state index contributed by atoms with van der Waals surface area (Å²) >= 11 is 0. The summed E-state index contributed by atoms with van der Waals surface area (Å²) in [6.07, 6.45) is 5.12. The summed E-state index contributed by atoms with van der Waals surface area (Å²) in [6, 6.07) is 10.6. The molecule has 0 radical (unpaired) electrons. The van der Waals surface area contributed by atoms with Crippen molar-refractivity contribution in [3.05, 3.63) is 54.0 Å². The molecule has 0 bridgehead atoms. The predicted molar refractivity (Wildman–Crippen MR) is 96.8 cm³/mol. The summed E-state index contributed by atoms with van der Waals surface area (Å²) in [5.74, 6) is 0.591. The van der Waals surface area contributed by atoms with Gasteiger partial charge in [-0.1, -0.05) is 12.1 Å². The van der Waals surface area contributed by atoms with Gasteiger partial charge in [0.2, 0.25) is 0 Å². The molecule has 2 atom stereocenters. The third-order valence-corrected chi connectivity index (χ3v) is 5.16. The molecule has 0 aliphatic carbocycles. The quantitative estimate of drug-likeness (QED) is 0.741. The normalized spacial score (nSPS) is 22.5. The lowest BCUT2D eigenvalue weighted by Gasteiger charge is -2.28. The molecule has 1 fully saturated rings. The molecule has 0 spiro atoms. The van der Waals surface area contributed by atoms with Gasteiger partial charge >= 0.3 is 0 Å². The average molecular weight is 353 g/mol. The van der Waals surface area contributed by atoms with Crippen molar-refractivity contribution in [1.29, 1.82) is 0 Å². The van der Waals surface area contributed by atoms with Gasteiger partial charge in [-0.05, 0) is 49.1 Å². The molecule has 2 aliphatic rings. The minimum Gasteiger partial charge on any atom is -0.488 e. The van der Waals surface area contributed by atoms with Gasteiger partial charge in [0, 0.05) is 6.61 Å². The van der Waals surface area contributed by atoms with Crippen LogP contribution in [0.25, 0.3) is 10.9 Å². The molecule has 1 aromatic heterocycles. The Bertz CT molecular complexity index is 932. The first-order chi connectivity index (χ1) is 12.8. The second kappa shape index (κ2) is 6.29. The molecule has 1 saturated heterocycles. The van der Waals surface area contributed by atoms with Crippen molar-refractivity contribution in [2.45, 2.75) is 31.5 Å². The Morgan fingerprint density at radius 2 is 2.00 bits per heavy atom. The Kier molecular flexibility index (Phi) is 3.78. The third kappa shape index (κ3) is 2.61. The number of aromatic nitrogens is 2. The molecule has 6 heteroatoms. The lowest BCUT2D eigenvalue weighted by atomic mass is 10.0. The highest BCUT2D eigenvalue weighted by atomic mass is 19.1. The van der Waals surface area contributed by atoms with E-state index in [1.807, 2.05) is 16.9 Å². The van der Waals surface area contributed by atoms with Crippen LogP contribution in [0.1, 0.15) is 37.1 Å². The van der Waals surface area contributed by atoms with E-state index < -0.39 is 0 Å². The second-order valence-electron chi connectivity index (χ2n) is 6.84. The molecule has 1 unspecified atom stereocenters. The maximum Gasteiger partial charge on any atom is 0.153 e. The zero-order valence-electron chi connectivity index (χ0n) is 14.3. The van der Waals surface area contributed by atoms with Gasteiger partial charge in [0.05, 0.1) is 28.8 Å². The first-order valence-corrected chi connectivity index (χ1v) is 9.06. The average Bonchev–Trinajstić information content (AvgIpc) is 3.13. The Morgan fingerprint density at radius 1 is 1.12 bits per heavy atom. The maximum atomic E-state index is 13.2. The van der Waals surface area contributed by atoms with Crippen LogP contribution in [0.5, 0.6) is 5.75 Å². The van der Waals surface area contributed by atoms with Crippen molar-refractivity contribution in [3.8, 4) is 5.75 Å². The number of nitrogens with one attached hydrogen (secondary N) is 1. The number of ether oxygens (including phenoxy) is 2. The minimum atomic E-state index is -0.232. The van der Waals surface area contributed by atoms with E-state index in [1.165, 1.54) is 12.1 Å². The number of hydrogen-bond donors (Lipinski definition) is 1. The van der Waals surface area contributed by atoms with Crippen LogP contribution in [0.15, 0.2) is 42.6 Å². The maximum absolute atomic E-state index is 13.2. The number of benzene rings is 2. The Labute approximate surface area is 150 Å². The summed E-state index contributed by atoms with van der Waals surface area (Å²) in [6.45, 7) is 1.28. The first kappa shape index (κ1) is 15.6. The molecular formula is C20H20FN3O2. The van der Waals surface area contributed by atoms with E-state index in [4.69, 9.17) is 9.47 Å². The number of anilines is 1. The lowest BCUT2D eigenvalue weighted by Crippen LogP contribution is -2.24. The van der Waals surface area contributed by atoms with Crippen LogP contribution >= 0.6 is 0 Å². The molecule has 2 aromatic carbocycles. The summed E-state index contributed by atoms with van der Waals surface area (Å²) in [5, 5.41) is 9.04. The fourth-order valence-corrected chi connectivity index (χ4v) is 3.78. The van der Waals surface area contributed by atoms with Gasteiger partial charge in [0.1, 0.15) is 12.4 Å². The number of rotatable bonds is 2. The predicted octanol–water partition coefficient (Wildman–Crippen LogP) is 4.42. The second-order valence-corrected chi connectivity index (χ2v) is 6.84. The van der Waals surface area contributed by atoms with Gasteiger partial charge in [-0.25, -0.2) is 9.07 Å². The highest BCUT2D eigenvalue weighted by Crippen LogP contribution is 2.40. The molecule has 26 heavy (non-hydrogen) atoms. The molecule has 5 nitrogen and oxygen atoms in total. The van der Waals surface area contributed by atoms with Crippen LogP contribution in [-0.4, -0.2) is 23.0 Å². The summed E-state index contributed by atoms with van der Waals surface area (Å²) in [7, 11) is 0. The zero-order chi connectivity index (χ0) is 17.5. The van der Waals surface area contributed by atoms with Crippen molar-refractivity contribution in [3.63, 3.8) is 0 Å². The van der Waals surface area contributed by atoms with E-state index >= 15 is 0 Å². The Hall–Kier alpha value is -2.60. The monoisotopic (exact) mass is 353 g/mol. The highest BCUT2D eigenvalue weighted by Gasteiger charge is 2.25. The minimum absolute atomic E-state index is 0.00253. The van der Waals surface area contributed by atoms with Crippen LogP contribution < -0.4 is 10.1 Å².